The van der Waals surface area contributed by atoms with Crippen LogP contribution in [0.4, 0.5) is 5.69 Å². The molecule has 1 aliphatic rings. The van der Waals surface area contributed by atoms with Crippen LogP contribution < -0.4 is 10.6 Å². The predicted molar refractivity (Wildman–Crippen MR) is 139 cm³/mol. The molecule has 188 valence electrons. The number of hydrogen-bond donors (Lipinski definition) is 2. The van der Waals surface area contributed by atoms with Crippen molar-refractivity contribution in [3.63, 3.8) is 0 Å². The van der Waals surface area contributed by atoms with Gasteiger partial charge in [0.05, 0.1) is 18.3 Å². The minimum absolute atomic E-state index is 0.0152. The summed E-state index contributed by atoms with van der Waals surface area (Å²) in [5.74, 6) is 0.361. The number of pyridine rings is 1. The Labute approximate surface area is 214 Å². The van der Waals surface area contributed by atoms with E-state index in [1.165, 1.54) is 0 Å². The van der Waals surface area contributed by atoms with Crippen LogP contribution in [0.25, 0.3) is 10.9 Å². The van der Waals surface area contributed by atoms with Crippen LogP contribution in [0, 0.1) is 0 Å². The van der Waals surface area contributed by atoms with Crippen LogP contribution in [0.2, 0.25) is 0 Å². The van der Waals surface area contributed by atoms with Crippen molar-refractivity contribution >= 4 is 34.3 Å². The van der Waals surface area contributed by atoms with Gasteiger partial charge in [-0.3, -0.25) is 19.4 Å². The summed E-state index contributed by atoms with van der Waals surface area (Å²) in [6, 6.07) is 19.1. The zero-order chi connectivity index (χ0) is 25.6. The number of imidazole rings is 1. The summed E-state index contributed by atoms with van der Waals surface area (Å²) in [4.78, 5) is 48.1. The number of carbonyl (C=O) groups is 3. The molecule has 0 saturated heterocycles. The lowest BCUT2D eigenvalue weighted by Gasteiger charge is -2.28. The molecule has 0 radical (unpaired) electrons. The van der Waals surface area contributed by atoms with E-state index in [0.29, 0.717) is 44.1 Å². The van der Waals surface area contributed by atoms with Crippen molar-refractivity contribution in [1.82, 2.24) is 24.8 Å². The monoisotopic (exact) mass is 496 g/mol. The van der Waals surface area contributed by atoms with Gasteiger partial charge in [-0.25, -0.2) is 4.98 Å². The second-order valence-corrected chi connectivity index (χ2v) is 9.01. The number of rotatable bonds is 8. The van der Waals surface area contributed by atoms with Crippen LogP contribution in [0.1, 0.15) is 41.1 Å². The normalized spacial score (nSPS) is 12.7. The van der Waals surface area contributed by atoms with Crippen LogP contribution >= 0.6 is 0 Å². The number of nitrogens with zero attached hydrogens (tertiary/aromatic N) is 4. The maximum atomic E-state index is 12.9. The largest absolute Gasteiger partial charge is 0.347 e. The third-order valence-electron chi connectivity index (χ3n) is 6.42. The summed E-state index contributed by atoms with van der Waals surface area (Å²) in [5, 5.41) is 6.83. The lowest BCUT2D eigenvalue weighted by Crippen LogP contribution is -2.39. The van der Waals surface area contributed by atoms with Gasteiger partial charge in [-0.2, -0.15) is 0 Å². The lowest BCUT2D eigenvalue weighted by atomic mass is 10.1. The molecule has 0 atom stereocenters. The molecule has 1 aliphatic heterocycles. The van der Waals surface area contributed by atoms with Crippen molar-refractivity contribution in [3.8, 4) is 0 Å². The average molecular weight is 497 g/mol. The fourth-order valence-corrected chi connectivity index (χ4v) is 4.47. The summed E-state index contributed by atoms with van der Waals surface area (Å²) in [6.45, 7) is 1.74. The Morgan fingerprint density at radius 3 is 2.65 bits per heavy atom. The van der Waals surface area contributed by atoms with Gasteiger partial charge in [0.25, 0.3) is 5.91 Å². The number of benzene rings is 2. The van der Waals surface area contributed by atoms with E-state index in [1.54, 1.807) is 17.3 Å². The van der Waals surface area contributed by atoms with Gasteiger partial charge >= 0.3 is 0 Å². The number of hydrogen-bond acceptors (Lipinski definition) is 5. The Balaban J connectivity index is 1.10. The van der Waals surface area contributed by atoms with Gasteiger partial charge in [0.15, 0.2) is 0 Å². The first-order chi connectivity index (χ1) is 18.1. The minimum Gasteiger partial charge on any atom is -0.347 e. The van der Waals surface area contributed by atoms with Crippen molar-refractivity contribution in [3.05, 3.63) is 90.1 Å². The van der Waals surface area contributed by atoms with Crippen molar-refractivity contribution < 1.29 is 14.4 Å². The van der Waals surface area contributed by atoms with Crippen LogP contribution in [0.5, 0.6) is 0 Å². The summed E-state index contributed by atoms with van der Waals surface area (Å²) >= 11 is 0. The highest BCUT2D eigenvalue weighted by Crippen LogP contribution is 2.17. The van der Waals surface area contributed by atoms with Gasteiger partial charge < -0.3 is 20.1 Å². The van der Waals surface area contributed by atoms with E-state index in [0.717, 1.165) is 22.2 Å². The lowest BCUT2D eigenvalue weighted by molar-refractivity contribution is -0.132. The maximum Gasteiger partial charge on any atom is 0.269 e. The van der Waals surface area contributed by atoms with Crippen LogP contribution in [0.3, 0.4) is 0 Å². The molecule has 0 aliphatic carbocycles. The molecule has 3 heterocycles. The third kappa shape index (κ3) is 5.83. The van der Waals surface area contributed by atoms with Crippen molar-refractivity contribution in [1.29, 1.82) is 0 Å². The number of fused-ring (bicyclic) bond motifs is 2. The molecule has 9 heteroatoms. The summed E-state index contributed by atoms with van der Waals surface area (Å²) in [6.07, 6.45) is 4.36. The smallest absolute Gasteiger partial charge is 0.269 e. The Morgan fingerprint density at radius 2 is 1.78 bits per heavy atom. The van der Waals surface area contributed by atoms with E-state index >= 15 is 0 Å². The van der Waals surface area contributed by atoms with E-state index in [-0.39, 0.29) is 30.6 Å². The van der Waals surface area contributed by atoms with Gasteiger partial charge in [-0.15, -0.1) is 0 Å². The molecule has 0 unspecified atom stereocenters. The molecule has 0 spiro atoms. The highest BCUT2D eigenvalue weighted by Gasteiger charge is 2.25. The Kier molecular flexibility index (Phi) is 7.21. The first kappa shape index (κ1) is 24.2. The number of para-hydroxylation sites is 1. The van der Waals surface area contributed by atoms with Crippen molar-refractivity contribution in [2.75, 3.05) is 11.9 Å². The summed E-state index contributed by atoms with van der Waals surface area (Å²) < 4.78 is 1.87. The Morgan fingerprint density at radius 1 is 0.919 bits per heavy atom. The highest BCUT2D eigenvalue weighted by molar-refractivity contribution is 5.93. The van der Waals surface area contributed by atoms with Crippen LogP contribution in [0.15, 0.2) is 73.1 Å². The molecular weight excluding hydrogens is 468 g/mol. The Bertz CT molecular complexity index is 1430. The number of amides is 3. The average Bonchev–Trinajstić information content (AvgIpc) is 3.35. The highest BCUT2D eigenvalue weighted by atomic mass is 16.2. The fraction of sp³-hybridized carbons (Fsp3) is 0.250. The molecule has 9 nitrogen and oxygen atoms in total. The predicted octanol–water partition coefficient (Wildman–Crippen LogP) is 3.51. The maximum absolute atomic E-state index is 12.9. The molecule has 5 rings (SSSR count). The first-order valence-corrected chi connectivity index (χ1v) is 12.4. The molecule has 2 N–H and O–H groups in total. The molecule has 3 amide bonds. The Hall–Kier alpha value is -4.53. The van der Waals surface area contributed by atoms with E-state index in [4.69, 9.17) is 0 Å². The molecule has 2 aromatic heterocycles. The van der Waals surface area contributed by atoms with Crippen molar-refractivity contribution in [2.24, 2.45) is 0 Å². The van der Waals surface area contributed by atoms with Gasteiger partial charge in [-0.05, 0) is 42.3 Å². The standard InChI is InChI=1S/C28H28N6O3/c35-26(32-22-7-2-1-3-8-22)9-4-10-27(36)33-14-15-34-24(18-30-25(34)19-33)28(37)31-17-20-11-12-23-21(16-20)6-5-13-29-23/h1-3,5-8,11-13,16,18H,4,9-10,14-15,17,19H2,(H,31,37)(H,32,35). The van der Waals surface area contributed by atoms with Gasteiger partial charge in [0.2, 0.25) is 11.8 Å². The summed E-state index contributed by atoms with van der Waals surface area (Å²) in [5.41, 5.74) is 3.14. The van der Waals surface area contributed by atoms with Gasteiger partial charge in [0, 0.05) is 49.7 Å². The molecule has 0 fully saturated rings. The van der Waals surface area contributed by atoms with E-state index in [9.17, 15) is 14.4 Å². The number of carbonyl (C=O) groups excluding carboxylic acids is 3. The zero-order valence-corrected chi connectivity index (χ0v) is 20.4. The molecule has 0 bridgehead atoms. The van der Waals surface area contributed by atoms with Gasteiger partial charge in [-0.1, -0.05) is 30.3 Å². The van der Waals surface area contributed by atoms with Crippen molar-refractivity contribution in [2.45, 2.75) is 38.9 Å². The zero-order valence-electron chi connectivity index (χ0n) is 20.4. The van der Waals surface area contributed by atoms with Crippen LogP contribution in [-0.2, 0) is 29.2 Å². The van der Waals surface area contributed by atoms with Gasteiger partial charge in [0.1, 0.15) is 11.5 Å². The molecular formula is C28H28N6O3. The topological polar surface area (TPSA) is 109 Å². The second-order valence-electron chi connectivity index (χ2n) is 9.01. The molecule has 2 aromatic carbocycles. The number of nitrogens with one attached hydrogen (secondary N) is 2. The number of anilines is 1. The van der Waals surface area contributed by atoms with E-state index in [2.05, 4.69) is 20.6 Å². The SMILES string of the molecule is O=C(CCCC(=O)N1CCn2c(C(=O)NCc3ccc4ncccc4c3)cnc2C1)Nc1ccccc1. The fourth-order valence-electron chi connectivity index (χ4n) is 4.47. The first-order valence-electron chi connectivity index (χ1n) is 12.4. The van der Waals surface area contributed by atoms with E-state index in [1.807, 2.05) is 65.2 Å². The minimum atomic E-state index is -0.200. The third-order valence-corrected chi connectivity index (χ3v) is 6.42. The van der Waals surface area contributed by atoms with E-state index < -0.39 is 0 Å². The molecule has 0 saturated carbocycles. The quantitative estimate of drug-likeness (QED) is 0.388. The second kappa shape index (κ2) is 11.0. The molecule has 37 heavy (non-hydrogen) atoms. The van der Waals surface area contributed by atoms with Crippen LogP contribution in [-0.4, -0.2) is 43.7 Å². The molecule has 4 aromatic rings. The summed E-state index contributed by atoms with van der Waals surface area (Å²) in [7, 11) is 0. The number of aromatic nitrogens is 3.